The lowest BCUT2D eigenvalue weighted by molar-refractivity contribution is 0.171. The highest BCUT2D eigenvalue weighted by Gasteiger charge is 2.15. The summed E-state index contributed by atoms with van der Waals surface area (Å²) in [4.78, 5) is 18.3. The molecule has 25 heavy (non-hydrogen) atoms. The number of amides is 2. The van der Waals surface area contributed by atoms with Crippen LogP contribution in [0.25, 0.3) is 11.0 Å². The number of carbonyl (C=O) groups is 1. The van der Waals surface area contributed by atoms with Gasteiger partial charge in [-0.05, 0) is 29.8 Å². The molecule has 0 bridgehead atoms. The van der Waals surface area contributed by atoms with Crippen molar-refractivity contribution in [1.29, 1.82) is 0 Å². The molecular formula is C18H18N4O3. The van der Waals surface area contributed by atoms with Gasteiger partial charge in [-0.1, -0.05) is 18.2 Å². The zero-order chi connectivity index (χ0) is 17.2. The Bertz CT molecular complexity index is 922. The Hall–Kier alpha value is -3.22. The summed E-state index contributed by atoms with van der Waals surface area (Å²) in [5, 5.41) is 0. The number of hydrogen-bond donors (Lipinski definition) is 1. The molecule has 128 valence electrons. The Morgan fingerprint density at radius 1 is 1.20 bits per heavy atom. The van der Waals surface area contributed by atoms with Crippen molar-refractivity contribution in [3.05, 3.63) is 54.4 Å². The minimum Gasteiger partial charge on any atom is -0.486 e. The van der Waals surface area contributed by atoms with E-state index in [9.17, 15) is 4.79 Å². The van der Waals surface area contributed by atoms with E-state index >= 15 is 0 Å². The molecule has 0 aliphatic carbocycles. The fourth-order valence-electron chi connectivity index (χ4n) is 2.77. The zero-order valence-corrected chi connectivity index (χ0v) is 13.8. The van der Waals surface area contributed by atoms with Crippen LogP contribution in [0.15, 0.2) is 48.8 Å². The average Bonchev–Trinajstić information content (AvgIpc) is 3.04. The van der Waals surface area contributed by atoms with E-state index in [4.69, 9.17) is 9.47 Å². The van der Waals surface area contributed by atoms with Crippen molar-refractivity contribution in [2.24, 2.45) is 0 Å². The Balaban J connectivity index is 1.45. The first-order valence-electron chi connectivity index (χ1n) is 8.03. The molecule has 2 aromatic carbocycles. The standard InChI is InChI=1S/C18H18N4O3/c1-21(11-13-6-7-16-17(10-13)25-9-8-24-16)18(23)20-22-12-19-14-4-2-3-5-15(14)22/h2-7,10,12H,8-9,11H2,1H3,(H,20,23). The zero-order valence-electron chi connectivity index (χ0n) is 13.8. The first-order chi connectivity index (χ1) is 12.2. The molecule has 3 aromatic rings. The third kappa shape index (κ3) is 3.08. The number of hydrogen-bond acceptors (Lipinski definition) is 4. The van der Waals surface area contributed by atoms with Crippen LogP contribution in [0.5, 0.6) is 11.5 Å². The molecule has 7 heteroatoms. The smallest absolute Gasteiger partial charge is 0.336 e. The summed E-state index contributed by atoms with van der Waals surface area (Å²) >= 11 is 0. The minimum atomic E-state index is -0.224. The number of ether oxygens (including phenoxy) is 2. The van der Waals surface area contributed by atoms with Gasteiger partial charge in [-0.2, -0.15) is 0 Å². The van der Waals surface area contributed by atoms with E-state index in [1.807, 2.05) is 42.5 Å². The van der Waals surface area contributed by atoms with Gasteiger partial charge in [-0.25, -0.2) is 19.9 Å². The predicted molar refractivity (Wildman–Crippen MR) is 93.4 cm³/mol. The first-order valence-corrected chi connectivity index (χ1v) is 8.03. The number of carbonyl (C=O) groups excluding carboxylic acids is 1. The summed E-state index contributed by atoms with van der Waals surface area (Å²) in [5.74, 6) is 1.46. The van der Waals surface area contributed by atoms with Crippen LogP contribution in [-0.2, 0) is 6.54 Å². The Morgan fingerprint density at radius 3 is 2.88 bits per heavy atom. The molecule has 1 N–H and O–H groups in total. The summed E-state index contributed by atoms with van der Waals surface area (Å²) < 4.78 is 12.7. The van der Waals surface area contributed by atoms with Crippen LogP contribution in [-0.4, -0.2) is 40.9 Å². The molecular weight excluding hydrogens is 320 g/mol. The number of aromatic nitrogens is 2. The molecule has 0 saturated heterocycles. The van der Waals surface area contributed by atoms with Gasteiger partial charge in [0.05, 0.1) is 11.0 Å². The van der Waals surface area contributed by atoms with Gasteiger partial charge in [0, 0.05) is 13.6 Å². The van der Waals surface area contributed by atoms with Crippen LogP contribution in [0.1, 0.15) is 5.56 Å². The molecule has 0 saturated carbocycles. The second-order valence-electron chi connectivity index (χ2n) is 5.85. The fraction of sp³-hybridized carbons (Fsp3) is 0.222. The monoisotopic (exact) mass is 338 g/mol. The average molecular weight is 338 g/mol. The van der Waals surface area contributed by atoms with Crippen molar-refractivity contribution in [2.45, 2.75) is 6.54 Å². The van der Waals surface area contributed by atoms with Gasteiger partial charge in [-0.3, -0.25) is 0 Å². The number of urea groups is 1. The quantitative estimate of drug-likeness (QED) is 0.797. The number of benzene rings is 2. The van der Waals surface area contributed by atoms with Gasteiger partial charge < -0.3 is 14.4 Å². The molecule has 0 atom stereocenters. The van der Waals surface area contributed by atoms with Crippen LogP contribution in [0.2, 0.25) is 0 Å². The molecule has 2 heterocycles. The predicted octanol–water partition coefficient (Wildman–Crippen LogP) is 2.60. The topological polar surface area (TPSA) is 68.6 Å². The summed E-state index contributed by atoms with van der Waals surface area (Å²) in [5.41, 5.74) is 5.48. The lowest BCUT2D eigenvalue weighted by atomic mass is 10.2. The molecule has 0 radical (unpaired) electrons. The summed E-state index contributed by atoms with van der Waals surface area (Å²) in [7, 11) is 1.74. The number of fused-ring (bicyclic) bond motifs is 2. The maximum Gasteiger partial charge on any atom is 0.336 e. The molecule has 0 unspecified atom stereocenters. The van der Waals surface area contributed by atoms with Crippen molar-refractivity contribution in [3.63, 3.8) is 0 Å². The largest absolute Gasteiger partial charge is 0.486 e. The molecule has 1 aliphatic heterocycles. The van der Waals surface area contributed by atoms with Crippen LogP contribution in [0, 0.1) is 0 Å². The molecule has 1 aliphatic rings. The number of nitrogens with zero attached hydrogens (tertiary/aromatic N) is 3. The number of para-hydroxylation sites is 2. The third-order valence-corrected chi connectivity index (χ3v) is 4.04. The summed E-state index contributed by atoms with van der Waals surface area (Å²) in [6.07, 6.45) is 1.60. The van der Waals surface area contributed by atoms with Crippen molar-refractivity contribution in [3.8, 4) is 11.5 Å². The van der Waals surface area contributed by atoms with Crippen molar-refractivity contribution >= 4 is 17.1 Å². The van der Waals surface area contributed by atoms with Gasteiger partial charge in [0.25, 0.3) is 0 Å². The van der Waals surface area contributed by atoms with E-state index in [1.54, 1.807) is 23.0 Å². The van der Waals surface area contributed by atoms with E-state index < -0.39 is 0 Å². The summed E-state index contributed by atoms with van der Waals surface area (Å²) in [6.45, 7) is 1.56. The molecule has 0 fully saturated rings. The fourth-order valence-corrected chi connectivity index (χ4v) is 2.77. The van der Waals surface area contributed by atoms with Gasteiger partial charge in [0.1, 0.15) is 19.5 Å². The van der Waals surface area contributed by atoms with Gasteiger partial charge in [0.2, 0.25) is 0 Å². The molecule has 7 nitrogen and oxygen atoms in total. The van der Waals surface area contributed by atoms with E-state index in [0.29, 0.717) is 19.8 Å². The second-order valence-corrected chi connectivity index (χ2v) is 5.85. The van der Waals surface area contributed by atoms with E-state index in [1.165, 1.54) is 0 Å². The Kier molecular flexibility index (Phi) is 3.89. The maximum absolute atomic E-state index is 12.5. The highest BCUT2D eigenvalue weighted by Crippen LogP contribution is 2.31. The molecule has 1 aromatic heterocycles. The minimum absolute atomic E-state index is 0.224. The first kappa shape index (κ1) is 15.3. The SMILES string of the molecule is CN(Cc1ccc2c(c1)OCCO2)C(=O)Nn1cnc2ccccc21. The second kappa shape index (κ2) is 6.35. The van der Waals surface area contributed by atoms with Crippen LogP contribution in [0.4, 0.5) is 4.79 Å². The van der Waals surface area contributed by atoms with Crippen LogP contribution < -0.4 is 14.9 Å². The van der Waals surface area contributed by atoms with E-state index in [0.717, 1.165) is 28.1 Å². The number of imidazole rings is 1. The Morgan fingerprint density at radius 2 is 2.00 bits per heavy atom. The Labute approximate surface area is 144 Å². The molecule has 4 rings (SSSR count). The van der Waals surface area contributed by atoms with Gasteiger partial charge in [0.15, 0.2) is 11.5 Å². The lowest BCUT2D eigenvalue weighted by Gasteiger charge is -2.21. The lowest BCUT2D eigenvalue weighted by Crippen LogP contribution is -2.35. The van der Waals surface area contributed by atoms with Crippen molar-refractivity contribution < 1.29 is 14.3 Å². The summed E-state index contributed by atoms with van der Waals surface area (Å²) in [6, 6.07) is 13.1. The normalized spacial score (nSPS) is 12.8. The van der Waals surface area contributed by atoms with Crippen molar-refractivity contribution in [1.82, 2.24) is 14.6 Å². The number of rotatable bonds is 3. The van der Waals surface area contributed by atoms with Crippen LogP contribution >= 0.6 is 0 Å². The molecule has 2 amide bonds. The van der Waals surface area contributed by atoms with Gasteiger partial charge >= 0.3 is 6.03 Å². The van der Waals surface area contributed by atoms with E-state index in [2.05, 4.69) is 10.4 Å². The van der Waals surface area contributed by atoms with Gasteiger partial charge in [-0.15, -0.1) is 0 Å². The molecule has 0 spiro atoms. The van der Waals surface area contributed by atoms with Crippen molar-refractivity contribution in [2.75, 3.05) is 25.7 Å². The number of nitrogens with one attached hydrogen (secondary N) is 1. The van der Waals surface area contributed by atoms with Crippen LogP contribution in [0.3, 0.4) is 0 Å². The highest BCUT2D eigenvalue weighted by atomic mass is 16.6. The maximum atomic E-state index is 12.5. The highest BCUT2D eigenvalue weighted by molar-refractivity contribution is 5.85. The third-order valence-electron chi connectivity index (χ3n) is 4.04. The van der Waals surface area contributed by atoms with E-state index in [-0.39, 0.29) is 6.03 Å².